The van der Waals surface area contributed by atoms with Crippen LogP contribution in [-0.4, -0.2) is 70.7 Å². The van der Waals surface area contributed by atoms with Gasteiger partial charge in [0, 0.05) is 38.7 Å². The predicted molar refractivity (Wildman–Crippen MR) is 151 cm³/mol. The molecule has 0 saturated heterocycles. The Morgan fingerprint density at radius 3 is 1.49 bits per heavy atom. The van der Waals surface area contributed by atoms with Crippen molar-refractivity contribution in [2.45, 2.75) is 116 Å². The SMILES string of the molecule is CCC1C=C(OS(=O)(=O)C(F)(F)F)C1.CCC1CC(=O)C1.CCC1CC(O)C1.O=C1CC(C(=O)O)C1.OCC1CC(O)C1. The molecule has 5 aliphatic rings. The molecule has 14 heteroatoms. The minimum Gasteiger partial charge on any atom is -0.481 e. The summed E-state index contributed by atoms with van der Waals surface area (Å²) in [5, 5.41) is 34.0. The molecule has 5 rings (SSSR count). The van der Waals surface area contributed by atoms with Gasteiger partial charge in [0.05, 0.1) is 18.1 Å². The van der Waals surface area contributed by atoms with Gasteiger partial charge in [-0.05, 0) is 61.9 Å². The Morgan fingerprint density at radius 1 is 0.837 bits per heavy atom. The van der Waals surface area contributed by atoms with Gasteiger partial charge in [-0.3, -0.25) is 14.4 Å². The molecule has 4 fully saturated rings. The lowest BCUT2D eigenvalue weighted by molar-refractivity contribution is -0.149. The molecule has 0 aromatic heterocycles. The average molecular weight is 645 g/mol. The van der Waals surface area contributed by atoms with E-state index in [1.165, 1.54) is 18.9 Å². The van der Waals surface area contributed by atoms with Crippen molar-refractivity contribution in [3.8, 4) is 0 Å². The highest BCUT2D eigenvalue weighted by molar-refractivity contribution is 7.87. The van der Waals surface area contributed by atoms with Gasteiger partial charge in [0.25, 0.3) is 0 Å². The van der Waals surface area contributed by atoms with Gasteiger partial charge < -0.3 is 24.6 Å². The molecular weight excluding hydrogens is 597 g/mol. The van der Waals surface area contributed by atoms with Crippen molar-refractivity contribution < 1.29 is 60.6 Å². The fourth-order valence-corrected chi connectivity index (χ4v) is 4.92. The first-order chi connectivity index (χ1) is 19.9. The number of aliphatic carboxylic acids is 1. The van der Waals surface area contributed by atoms with Gasteiger partial charge in [-0.2, -0.15) is 21.6 Å². The first-order valence-corrected chi connectivity index (χ1v) is 16.3. The standard InChI is InChI=1S/C7H9F3O3S.C6H12O.C6H10O.C5H6O3.C5H10O2/c1-2-5-3-6(4-5)13-14(11,12)7(8,9)10;2*1-2-5-3-6(7)4-5;6-4-1-3(2-4)5(7)8;6-3-4-1-5(7)2-4/h3,5H,2,4H2,1H3;5-7H,2-4H2,1H3;5H,2-4H2,1H3;3H,1-2H2,(H,7,8);4-7H,1-3H2. The maximum Gasteiger partial charge on any atom is 0.534 e. The highest BCUT2D eigenvalue weighted by atomic mass is 32.2. The topological polar surface area (TPSA) is 175 Å². The molecule has 4 saturated carbocycles. The van der Waals surface area contributed by atoms with E-state index in [2.05, 4.69) is 18.0 Å². The Balaban J connectivity index is 0.000000278. The van der Waals surface area contributed by atoms with Crippen LogP contribution in [0.1, 0.15) is 97.8 Å². The summed E-state index contributed by atoms with van der Waals surface area (Å²) in [5.74, 6) is 1.30. The Kier molecular flexibility index (Phi) is 16.4. The van der Waals surface area contributed by atoms with Crippen LogP contribution in [0.25, 0.3) is 0 Å². The van der Waals surface area contributed by atoms with E-state index in [-0.39, 0.29) is 61.5 Å². The normalized spacial score (nSPS) is 27.8. The van der Waals surface area contributed by atoms with Crippen LogP contribution in [0.3, 0.4) is 0 Å². The number of aliphatic hydroxyl groups is 3. The second kappa shape index (κ2) is 18.1. The predicted octanol–water partition coefficient (Wildman–Crippen LogP) is 4.51. The summed E-state index contributed by atoms with van der Waals surface area (Å²) in [6.07, 6.45) is 10.7. The summed E-state index contributed by atoms with van der Waals surface area (Å²) in [5.41, 5.74) is -5.34. The number of allylic oxidation sites excluding steroid dienone is 2. The van der Waals surface area contributed by atoms with Crippen LogP contribution in [0, 0.1) is 29.6 Å². The van der Waals surface area contributed by atoms with Crippen LogP contribution < -0.4 is 0 Å². The zero-order valence-electron chi connectivity index (χ0n) is 25.1. The Labute approximate surface area is 251 Å². The average Bonchev–Trinajstić information content (AvgIpc) is 2.83. The minimum atomic E-state index is -5.46. The van der Waals surface area contributed by atoms with Crippen molar-refractivity contribution in [1.29, 1.82) is 0 Å². The van der Waals surface area contributed by atoms with E-state index in [1.54, 1.807) is 0 Å². The third-order valence-electron chi connectivity index (χ3n) is 8.07. The molecule has 0 aliphatic heterocycles. The molecule has 0 radical (unpaired) electrons. The molecule has 10 nitrogen and oxygen atoms in total. The highest BCUT2D eigenvalue weighted by Crippen LogP contribution is 2.34. The van der Waals surface area contributed by atoms with E-state index in [9.17, 15) is 36.0 Å². The number of carboxylic acids is 1. The van der Waals surface area contributed by atoms with Crippen molar-refractivity contribution in [2.75, 3.05) is 6.61 Å². The number of rotatable bonds is 7. The molecular formula is C29H47F3O10S. The molecule has 0 bridgehead atoms. The third-order valence-corrected chi connectivity index (χ3v) is 9.07. The molecule has 0 spiro atoms. The van der Waals surface area contributed by atoms with Crippen molar-refractivity contribution in [2.24, 2.45) is 29.6 Å². The van der Waals surface area contributed by atoms with Gasteiger partial charge in [-0.15, -0.1) is 0 Å². The largest absolute Gasteiger partial charge is 0.534 e. The number of ketones is 2. The second-order valence-corrected chi connectivity index (χ2v) is 13.3. The molecule has 0 aromatic carbocycles. The van der Waals surface area contributed by atoms with Gasteiger partial charge in [-0.1, -0.05) is 33.6 Å². The molecule has 1 atom stereocenters. The lowest BCUT2D eigenvalue weighted by atomic mass is 9.81. The Bertz CT molecular complexity index is 998. The van der Waals surface area contributed by atoms with E-state index in [1.807, 2.05) is 6.92 Å². The van der Waals surface area contributed by atoms with E-state index in [0.29, 0.717) is 11.7 Å². The fourth-order valence-electron chi connectivity index (χ4n) is 4.42. The monoisotopic (exact) mass is 644 g/mol. The van der Waals surface area contributed by atoms with Gasteiger partial charge in [0.15, 0.2) is 0 Å². The van der Waals surface area contributed by atoms with Crippen molar-refractivity contribution >= 4 is 27.7 Å². The molecule has 0 heterocycles. The van der Waals surface area contributed by atoms with Crippen LogP contribution in [0.4, 0.5) is 13.2 Å². The van der Waals surface area contributed by atoms with Crippen molar-refractivity contribution in [3.63, 3.8) is 0 Å². The van der Waals surface area contributed by atoms with Gasteiger partial charge in [0.2, 0.25) is 0 Å². The van der Waals surface area contributed by atoms with Crippen LogP contribution in [0.5, 0.6) is 0 Å². The summed E-state index contributed by atoms with van der Waals surface area (Å²) >= 11 is 0. The summed E-state index contributed by atoms with van der Waals surface area (Å²) in [6, 6.07) is 0. The van der Waals surface area contributed by atoms with Crippen molar-refractivity contribution in [1.82, 2.24) is 0 Å². The van der Waals surface area contributed by atoms with Gasteiger partial charge in [-0.25, -0.2) is 0 Å². The number of hydrogen-bond donors (Lipinski definition) is 4. The first kappa shape index (κ1) is 39.0. The maximum absolute atomic E-state index is 11.8. The number of carboxylic acid groups (broad SMARTS) is 1. The number of carbonyl (C=O) groups excluding carboxylic acids is 2. The number of Topliss-reactive ketones (excluding diaryl/α,β-unsaturated/α-hetero) is 2. The van der Waals surface area contributed by atoms with E-state index in [4.69, 9.17) is 20.4 Å². The summed E-state index contributed by atoms with van der Waals surface area (Å²) in [6.45, 7) is 6.42. The lowest BCUT2D eigenvalue weighted by Gasteiger charge is -2.29. The van der Waals surface area contributed by atoms with Crippen LogP contribution >= 0.6 is 0 Å². The summed E-state index contributed by atoms with van der Waals surface area (Å²) in [7, 11) is -5.46. The molecule has 43 heavy (non-hydrogen) atoms. The molecule has 1 unspecified atom stereocenters. The van der Waals surface area contributed by atoms with Crippen LogP contribution in [0.15, 0.2) is 11.8 Å². The fraction of sp³-hybridized carbons (Fsp3) is 0.828. The van der Waals surface area contributed by atoms with E-state index < -0.39 is 21.6 Å². The second-order valence-electron chi connectivity index (χ2n) is 11.8. The Hall–Kier alpha value is -2.03. The lowest BCUT2D eigenvalue weighted by Crippen LogP contribution is -2.30. The molecule has 4 N–H and O–H groups in total. The smallest absolute Gasteiger partial charge is 0.481 e. The van der Waals surface area contributed by atoms with E-state index >= 15 is 0 Å². The highest BCUT2D eigenvalue weighted by Gasteiger charge is 2.49. The maximum atomic E-state index is 11.8. The van der Waals surface area contributed by atoms with Crippen molar-refractivity contribution in [3.05, 3.63) is 11.8 Å². The first-order valence-electron chi connectivity index (χ1n) is 14.9. The quantitative estimate of drug-likeness (QED) is 0.228. The third kappa shape index (κ3) is 14.1. The number of aliphatic hydroxyl groups excluding tert-OH is 3. The van der Waals surface area contributed by atoms with Crippen LogP contribution in [0.2, 0.25) is 0 Å². The van der Waals surface area contributed by atoms with E-state index in [0.717, 1.165) is 56.8 Å². The zero-order valence-corrected chi connectivity index (χ0v) is 25.9. The number of carbonyl (C=O) groups is 3. The van der Waals surface area contributed by atoms with Crippen LogP contribution in [-0.2, 0) is 28.7 Å². The molecule has 250 valence electrons. The summed E-state index contributed by atoms with van der Waals surface area (Å²) < 4.78 is 60.2. The molecule has 0 aromatic rings. The Morgan fingerprint density at radius 2 is 1.28 bits per heavy atom. The van der Waals surface area contributed by atoms with Gasteiger partial charge in [0.1, 0.15) is 17.3 Å². The number of hydrogen-bond acceptors (Lipinski definition) is 9. The molecule has 0 amide bonds. The van der Waals surface area contributed by atoms with Gasteiger partial charge >= 0.3 is 21.6 Å². The summed E-state index contributed by atoms with van der Waals surface area (Å²) in [4.78, 5) is 30.4. The molecule has 5 aliphatic carbocycles. The minimum absolute atomic E-state index is 0.0462. The zero-order chi connectivity index (χ0) is 33.0. The number of alkyl halides is 3. The number of halogens is 3.